The molecule has 26 heavy (non-hydrogen) atoms. The summed E-state index contributed by atoms with van der Waals surface area (Å²) >= 11 is 1.21. The van der Waals surface area contributed by atoms with Gasteiger partial charge in [-0.1, -0.05) is 0 Å². The van der Waals surface area contributed by atoms with Crippen LogP contribution in [0.25, 0.3) is 0 Å². The fourth-order valence-corrected chi connectivity index (χ4v) is 5.39. The molecule has 1 amide bonds. The van der Waals surface area contributed by atoms with Gasteiger partial charge in [-0.3, -0.25) is 4.79 Å². The maximum atomic E-state index is 13.9. The standard InChI is InChI=1S/C16H15F2N3O3S2/c17-10-3-4-11(18)14(7-10)26(23,24)21-6-5-12-13(8-21)25-16(19-12)20-15(22)9-1-2-9/h3-4,7,9H,1-2,5-6,8H2,(H,19,20,22). The molecule has 2 aliphatic rings. The van der Waals surface area contributed by atoms with Crippen molar-refractivity contribution in [3.05, 3.63) is 40.4 Å². The highest BCUT2D eigenvalue weighted by molar-refractivity contribution is 7.89. The minimum Gasteiger partial charge on any atom is -0.302 e. The highest BCUT2D eigenvalue weighted by Gasteiger charge is 2.34. The Morgan fingerprint density at radius 1 is 1.31 bits per heavy atom. The first-order valence-corrected chi connectivity index (χ1v) is 10.3. The smallest absolute Gasteiger partial charge is 0.246 e. The van der Waals surface area contributed by atoms with Crippen molar-refractivity contribution < 1.29 is 22.0 Å². The Bertz CT molecular complexity index is 987. The summed E-state index contributed by atoms with van der Waals surface area (Å²) in [6.07, 6.45) is 2.10. The lowest BCUT2D eigenvalue weighted by Crippen LogP contribution is -2.36. The molecule has 1 aromatic carbocycles. The van der Waals surface area contributed by atoms with Crippen LogP contribution in [-0.2, 0) is 27.8 Å². The number of amides is 1. The highest BCUT2D eigenvalue weighted by Crippen LogP contribution is 2.34. The number of thiazole rings is 1. The van der Waals surface area contributed by atoms with Gasteiger partial charge in [0.1, 0.15) is 16.5 Å². The molecular weight excluding hydrogens is 384 g/mol. The van der Waals surface area contributed by atoms with Gasteiger partial charge in [-0.05, 0) is 31.0 Å². The van der Waals surface area contributed by atoms with E-state index in [1.807, 2.05) is 0 Å². The van der Waals surface area contributed by atoms with Crippen LogP contribution in [0.4, 0.5) is 13.9 Å². The van der Waals surface area contributed by atoms with Gasteiger partial charge in [0.2, 0.25) is 15.9 Å². The topological polar surface area (TPSA) is 79.4 Å². The Morgan fingerprint density at radius 3 is 2.81 bits per heavy atom. The first-order chi connectivity index (χ1) is 12.3. The van der Waals surface area contributed by atoms with Gasteiger partial charge < -0.3 is 5.32 Å². The molecule has 1 saturated carbocycles. The summed E-state index contributed by atoms with van der Waals surface area (Å²) in [5.74, 6) is -1.82. The van der Waals surface area contributed by atoms with Gasteiger partial charge in [-0.25, -0.2) is 22.2 Å². The van der Waals surface area contributed by atoms with E-state index in [-0.39, 0.29) is 24.9 Å². The van der Waals surface area contributed by atoms with Crippen LogP contribution < -0.4 is 5.32 Å². The number of carbonyl (C=O) groups is 1. The Morgan fingerprint density at radius 2 is 2.08 bits per heavy atom. The van der Waals surface area contributed by atoms with Crippen LogP contribution >= 0.6 is 11.3 Å². The van der Waals surface area contributed by atoms with E-state index in [1.54, 1.807) is 0 Å². The molecule has 1 aromatic heterocycles. The number of hydrogen-bond acceptors (Lipinski definition) is 5. The third-order valence-electron chi connectivity index (χ3n) is 4.39. The van der Waals surface area contributed by atoms with Gasteiger partial charge in [0.15, 0.2) is 5.13 Å². The van der Waals surface area contributed by atoms with E-state index in [1.165, 1.54) is 11.3 Å². The van der Waals surface area contributed by atoms with Gasteiger partial charge in [-0.15, -0.1) is 11.3 Å². The lowest BCUT2D eigenvalue weighted by Gasteiger charge is -2.25. The summed E-state index contributed by atoms with van der Waals surface area (Å²) in [4.78, 5) is 16.2. The van der Waals surface area contributed by atoms with Crippen LogP contribution in [0.15, 0.2) is 23.1 Å². The highest BCUT2D eigenvalue weighted by atomic mass is 32.2. The number of nitrogens with one attached hydrogen (secondary N) is 1. The van der Waals surface area contributed by atoms with E-state index in [4.69, 9.17) is 0 Å². The van der Waals surface area contributed by atoms with E-state index in [2.05, 4.69) is 10.3 Å². The maximum absolute atomic E-state index is 13.9. The van der Waals surface area contributed by atoms with Crippen molar-refractivity contribution in [1.29, 1.82) is 0 Å². The third kappa shape index (κ3) is 3.24. The van der Waals surface area contributed by atoms with Crippen LogP contribution in [0.1, 0.15) is 23.4 Å². The number of sulfonamides is 1. The second-order valence-corrected chi connectivity index (χ2v) is 9.31. The van der Waals surface area contributed by atoms with Gasteiger partial charge >= 0.3 is 0 Å². The molecule has 1 fully saturated rings. The van der Waals surface area contributed by atoms with Crippen molar-refractivity contribution in [3.63, 3.8) is 0 Å². The molecule has 0 bridgehead atoms. The monoisotopic (exact) mass is 399 g/mol. The van der Waals surface area contributed by atoms with Crippen LogP contribution in [0.5, 0.6) is 0 Å². The van der Waals surface area contributed by atoms with Crippen molar-refractivity contribution in [2.45, 2.75) is 30.7 Å². The number of anilines is 1. The van der Waals surface area contributed by atoms with E-state index in [9.17, 15) is 22.0 Å². The van der Waals surface area contributed by atoms with Crippen molar-refractivity contribution in [2.24, 2.45) is 5.92 Å². The van der Waals surface area contributed by atoms with Crippen LogP contribution in [0, 0.1) is 17.6 Å². The molecule has 0 radical (unpaired) electrons. The number of carbonyl (C=O) groups excluding carboxylic acids is 1. The molecule has 2 aromatic rings. The van der Waals surface area contributed by atoms with Gasteiger partial charge in [0, 0.05) is 23.8 Å². The average Bonchev–Trinajstić information content (AvgIpc) is 3.37. The van der Waals surface area contributed by atoms with Crippen LogP contribution in [0.3, 0.4) is 0 Å². The van der Waals surface area contributed by atoms with Crippen LogP contribution in [-0.4, -0.2) is 30.2 Å². The Balaban J connectivity index is 1.56. The van der Waals surface area contributed by atoms with Gasteiger partial charge in [0.25, 0.3) is 0 Å². The molecule has 1 N–H and O–H groups in total. The molecule has 1 aliphatic carbocycles. The molecule has 0 saturated heterocycles. The molecule has 4 rings (SSSR count). The predicted octanol–water partition coefficient (Wildman–Crippen LogP) is 2.52. The second-order valence-electron chi connectivity index (χ2n) is 6.32. The molecular formula is C16H15F2N3O3S2. The number of fused-ring (bicyclic) bond motifs is 1. The lowest BCUT2D eigenvalue weighted by atomic mass is 10.2. The number of halogens is 2. The van der Waals surface area contributed by atoms with E-state index >= 15 is 0 Å². The van der Waals surface area contributed by atoms with Crippen LogP contribution in [0.2, 0.25) is 0 Å². The number of aromatic nitrogens is 1. The van der Waals surface area contributed by atoms with E-state index < -0.39 is 26.6 Å². The SMILES string of the molecule is O=C(Nc1nc2c(s1)CN(S(=O)(=O)c1cc(F)ccc1F)CC2)C1CC1. The zero-order valence-corrected chi connectivity index (χ0v) is 15.2. The zero-order chi connectivity index (χ0) is 18.5. The first kappa shape index (κ1) is 17.5. The maximum Gasteiger partial charge on any atom is 0.246 e. The van der Waals surface area contributed by atoms with E-state index in [0.717, 1.165) is 35.0 Å². The van der Waals surface area contributed by atoms with Crippen molar-refractivity contribution in [1.82, 2.24) is 9.29 Å². The fourth-order valence-electron chi connectivity index (χ4n) is 2.80. The average molecular weight is 399 g/mol. The number of hydrogen-bond donors (Lipinski definition) is 1. The summed E-state index contributed by atoms with van der Waals surface area (Å²) in [6.45, 7) is 0.135. The van der Waals surface area contributed by atoms with Crippen molar-refractivity contribution >= 4 is 32.4 Å². The molecule has 0 atom stereocenters. The number of nitrogens with zero attached hydrogens (tertiary/aromatic N) is 2. The normalized spacial score (nSPS) is 17.8. The first-order valence-electron chi connectivity index (χ1n) is 8.09. The van der Waals surface area contributed by atoms with E-state index in [0.29, 0.717) is 22.5 Å². The molecule has 0 spiro atoms. The summed E-state index contributed by atoms with van der Waals surface area (Å²) in [6, 6.07) is 2.37. The van der Waals surface area contributed by atoms with Gasteiger partial charge in [-0.2, -0.15) is 4.31 Å². The molecule has 6 nitrogen and oxygen atoms in total. The Labute approximate surface area is 152 Å². The quantitative estimate of drug-likeness (QED) is 0.857. The Kier molecular flexibility index (Phi) is 4.28. The second kappa shape index (κ2) is 6.36. The molecule has 138 valence electrons. The number of benzene rings is 1. The van der Waals surface area contributed by atoms with Crippen molar-refractivity contribution in [3.8, 4) is 0 Å². The Hall–Kier alpha value is -1.91. The summed E-state index contributed by atoms with van der Waals surface area (Å²) in [5.41, 5.74) is 0.729. The molecule has 2 heterocycles. The molecule has 0 unspecified atom stereocenters. The third-order valence-corrected chi connectivity index (χ3v) is 7.24. The minimum atomic E-state index is -4.17. The number of rotatable bonds is 4. The predicted molar refractivity (Wildman–Crippen MR) is 91.1 cm³/mol. The fraction of sp³-hybridized carbons (Fsp3) is 0.375. The lowest BCUT2D eigenvalue weighted by molar-refractivity contribution is -0.117. The minimum absolute atomic E-state index is 0.0184. The summed E-state index contributed by atoms with van der Waals surface area (Å²) in [7, 11) is -4.17. The molecule has 1 aliphatic heterocycles. The zero-order valence-electron chi connectivity index (χ0n) is 13.5. The summed E-state index contributed by atoms with van der Waals surface area (Å²) in [5, 5.41) is 3.20. The van der Waals surface area contributed by atoms with Gasteiger partial charge in [0.05, 0.1) is 12.2 Å². The largest absolute Gasteiger partial charge is 0.302 e. The molecule has 10 heteroatoms. The summed E-state index contributed by atoms with van der Waals surface area (Å²) < 4.78 is 53.8. The van der Waals surface area contributed by atoms with Crippen molar-refractivity contribution in [2.75, 3.05) is 11.9 Å².